The van der Waals surface area contributed by atoms with Crippen molar-refractivity contribution in [3.63, 3.8) is 0 Å². The molecule has 0 spiro atoms. The molecule has 1 saturated heterocycles. The van der Waals surface area contributed by atoms with Gasteiger partial charge in [0.2, 0.25) is 5.51 Å². The van der Waals surface area contributed by atoms with E-state index in [4.69, 9.17) is 9.47 Å². The minimum absolute atomic E-state index is 0.0637. The number of carbonyl (C=O) groups excluding carboxylic acids is 1. The van der Waals surface area contributed by atoms with Gasteiger partial charge in [0.25, 0.3) is 0 Å². The second-order valence-corrected chi connectivity index (χ2v) is 14.4. The SMILES string of the molecule is CCCCCCCCCCCCCC[C@H]1CO[C@H](COC(=O)CCCCC[n+]2ccsc2)C1.Cc1ccc(S(=O)(=O)[O-])cc1. The summed E-state index contributed by atoms with van der Waals surface area (Å²) in [6.45, 7) is 6.43. The molecule has 0 N–H and O–H groups in total. The molecule has 1 aromatic carbocycles. The summed E-state index contributed by atoms with van der Waals surface area (Å²) in [4.78, 5) is 11.8. The Bertz CT molecular complexity index is 1090. The van der Waals surface area contributed by atoms with Gasteiger partial charge in [0.1, 0.15) is 23.3 Å². The van der Waals surface area contributed by atoms with Gasteiger partial charge in [0, 0.05) is 12.8 Å². The van der Waals surface area contributed by atoms with Crippen molar-refractivity contribution in [2.24, 2.45) is 5.92 Å². The zero-order valence-electron chi connectivity index (χ0n) is 27.3. The summed E-state index contributed by atoms with van der Waals surface area (Å²) < 4.78 is 44.7. The van der Waals surface area contributed by atoms with Gasteiger partial charge in [-0.2, -0.15) is 4.57 Å². The van der Waals surface area contributed by atoms with E-state index in [-0.39, 0.29) is 17.0 Å². The maximum Gasteiger partial charge on any atom is 0.305 e. The number of esters is 1. The van der Waals surface area contributed by atoms with Crippen molar-refractivity contribution in [2.75, 3.05) is 13.2 Å². The van der Waals surface area contributed by atoms with Gasteiger partial charge >= 0.3 is 5.97 Å². The van der Waals surface area contributed by atoms with Gasteiger partial charge < -0.3 is 14.0 Å². The van der Waals surface area contributed by atoms with E-state index in [2.05, 4.69) is 28.6 Å². The Morgan fingerprint density at radius 3 is 2.14 bits per heavy atom. The van der Waals surface area contributed by atoms with Gasteiger partial charge in [0.05, 0.1) is 23.0 Å². The van der Waals surface area contributed by atoms with Crippen LogP contribution in [-0.2, 0) is 30.9 Å². The number of hydrogen-bond donors (Lipinski definition) is 0. The highest BCUT2D eigenvalue weighted by atomic mass is 32.2. The molecule has 0 radical (unpaired) electrons. The third-order valence-corrected chi connectivity index (χ3v) is 9.71. The van der Waals surface area contributed by atoms with E-state index in [0.717, 1.165) is 44.4 Å². The normalized spacial score (nSPS) is 16.4. The predicted molar refractivity (Wildman–Crippen MR) is 177 cm³/mol. The Morgan fingerprint density at radius 2 is 1.55 bits per heavy atom. The van der Waals surface area contributed by atoms with Crippen LogP contribution in [0.1, 0.15) is 128 Å². The molecule has 1 fully saturated rings. The first-order chi connectivity index (χ1) is 21.3. The fraction of sp³-hybridized carbons (Fsp3) is 0.714. The number of unbranched alkanes of at least 4 members (excludes halogenated alkanes) is 13. The van der Waals surface area contributed by atoms with Crippen molar-refractivity contribution in [1.82, 2.24) is 0 Å². The Balaban J connectivity index is 0.000000514. The lowest BCUT2D eigenvalue weighted by Crippen LogP contribution is -2.29. The molecule has 9 heteroatoms. The molecule has 0 amide bonds. The zero-order chi connectivity index (χ0) is 31.9. The Labute approximate surface area is 271 Å². The number of ether oxygens (including phenoxy) is 2. The summed E-state index contributed by atoms with van der Waals surface area (Å²) in [5, 5.41) is 2.09. The summed E-state index contributed by atoms with van der Waals surface area (Å²) in [5.74, 6) is 0.595. The first-order valence-electron chi connectivity index (χ1n) is 17.0. The standard InChI is InChI=1S/C28H50NO3S.C7H8O3S/c1-2-3-4-5-6-7-8-9-10-11-12-14-17-26-22-27(31-23-26)24-32-28(30)18-15-13-16-19-29-20-21-33-25-29;1-6-2-4-7(5-3-6)11(8,9)10/h20-21,25-27H,2-19,22-24H2,1H3;2-5H,1H3,(H,8,9,10)/q+1;/p-1/t26-,27+;/m1./s1. The van der Waals surface area contributed by atoms with Crippen molar-refractivity contribution in [3.05, 3.63) is 46.9 Å². The molecule has 0 aliphatic carbocycles. The number of carbonyl (C=O) groups is 1. The zero-order valence-corrected chi connectivity index (χ0v) is 28.9. The minimum atomic E-state index is -4.27. The van der Waals surface area contributed by atoms with Crippen LogP contribution in [0.4, 0.5) is 0 Å². The van der Waals surface area contributed by atoms with Crippen LogP contribution < -0.4 is 4.57 Å². The molecule has 1 aliphatic rings. The number of benzene rings is 1. The lowest BCUT2D eigenvalue weighted by molar-refractivity contribution is -0.692. The van der Waals surface area contributed by atoms with E-state index in [1.54, 1.807) is 23.5 Å². The van der Waals surface area contributed by atoms with E-state index in [1.807, 2.05) is 6.92 Å². The van der Waals surface area contributed by atoms with E-state index in [1.165, 1.54) is 95.6 Å². The van der Waals surface area contributed by atoms with Crippen LogP contribution >= 0.6 is 11.3 Å². The van der Waals surface area contributed by atoms with Crippen LogP contribution in [0, 0.1) is 12.8 Å². The Morgan fingerprint density at radius 1 is 0.932 bits per heavy atom. The van der Waals surface area contributed by atoms with Crippen LogP contribution in [0.2, 0.25) is 0 Å². The topological polar surface area (TPSA) is 96.6 Å². The molecule has 7 nitrogen and oxygen atoms in total. The van der Waals surface area contributed by atoms with Gasteiger partial charge in [-0.15, -0.1) is 0 Å². The van der Waals surface area contributed by atoms with Gasteiger partial charge in [-0.1, -0.05) is 113 Å². The second-order valence-electron chi connectivity index (χ2n) is 12.3. The molecule has 0 unspecified atom stereocenters. The number of thiazole rings is 1. The van der Waals surface area contributed by atoms with Gasteiger partial charge in [-0.25, -0.2) is 8.42 Å². The molecule has 250 valence electrons. The maximum absolute atomic E-state index is 12.0. The highest BCUT2D eigenvalue weighted by Crippen LogP contribution is 2.25. The third-order valence-electron chi connectivity index (χ3n) is 8.19. The van der Waals surface area contributed by atoms with Crippen molar-refractivity contribution in [3.8, 4) is 0 Å². The number of nitrogens with zero attached hydrogens (tertiary/aromatic N) is 1. The monoisotopic (exact) mass is 651 g/mol. The summed E-state index contributed by atoms with van der Waals surface area (Å²) in [6, 6.07) is 5.78. The van der Waals surface area contributed by atoms with Crippen molar-refractivity contribution in [1.29, 1.82) is 0 Å². The second kappa shape index (κ2) is 23.5. The summed E-state index contributed by atoms with van der Waals surface area (Å²) >= 11 is 1.72. The number of aromatic nitrogens is 1. The molecule has 2 atom stereocenters. The minimum Gasteiger partial charge on any atom is -0.744 e. The van der Waals surface area contributed by atoms with E-state index >= 15 is 0 Å². The lowest BCUT2D eigenvalue weighted by atomic mass is 9.97. The van der Waals surface area contributed by atoms with Crippen LogP contribution in [0.3, 0.4) is 0 Å². The average molecular weight is 652 g/mol. The highest BCUT2D eigenvalue weighted by molar-refractivity contribution is 7.85. The fourth-order valence-corrected chi connectivity index (χ4v) is 6.56. The van der Waals surface area contributed by atoms with Crippen molar-refractivity contribution < 1.29 is 31.8 Å². The Hall–Kier alpha value is -1.81. The molecule has 3 rings (SSSR count). The largest absolute Gasteiger partial charge is 0.744 e. The molecule has 44 heavy (non-hydrogen) atoms. The van der Waals surface area contributed by atoms with Crippen molar-refractivity contribution in [2.45, 2.75) is 147 Å². The van der Waals surface area contributed by atoms with E-state index < -0.39 is 10.1 Å². The van der Waals surface area contributed by atoms with Crippen LogP contribution in [0.5, 0.6) is 0 Å². The maximum atomic E-state index is 12.0. The van der Waals surface area contributed by atoms with Crippen LogP contribution in [-0.4, -0.2) is 38.3 Å². The molecule has 1 aliphatic heterocycles. The first kappa shape index (κ1) is 38.4. The molecule has 0 bridgehead atoms. The molecule has 1 aromatic heterocycles. The quantitative estimate of drug-likeness (QED) is 0.0548. The summed E-state index contributed by atoms with van der Waals surface area (Å²) in [5.41, 5.74) is 3.05. The van der Waals surface area contributed by atoms with Gasteiger partial charge in [0.15, 0.2) is 6.20 Å². The van der Waals surface area contributed by atoms with Crippen LogP contribution in [0.15, 0.2) is 46.2 Å². The summed E-state index contributed by atoms with van der Waals surface area (Å²) in [7, 11) is -4.27. The van der Waals surface area contributed by atoms with Crippen LogP contribution in [0.25, 0.3) is 0 Å². The van der Waals surface area contributed by atoms with E-state index in [0.29, 0.717) is 18.9 Å². The first-order valence-corrected chi connectivity index (χ1v) is 19.3. The molecule has 0 saturated carbocycles. The number of rotatable bonds is 22. The fourth-order valence-electron chi connectivity index (χ4n) is 5.46. The van der Waals surface area contributed by atoms with Gasteiger partial charge in [-0.05, 0) is 50.7 Å². The van der Waals surface area contributed by atoms with Crippen molar-refractivity contribution >= 4 is 27.4 Å². The average Bonchev–Trinajstić information content (AvgIpc) is 3.69. The lowest BCUT2D eigenvalue weighted by Gasteiger charge is -2.10. The molecular formula is C35H57NO6S2. The molecule has 2 aromatic rings. The smallest absolute Gasteiger partial charge is 0.305 e. The number of aryl methyl sites for hydroxylation is 2. The molecular weight excluding hydrogens is 595 g/mol. The molecule has 2 heterocycles. The van der Waals surface area contributed by atoms with E-state index in [9.17, 15) is 17.8 Å². The third kappa shape index (κ3) is 18.9. The predicted octanol–water partition coefficient (Wildman–Crippen LogP) is 8.53. The number of hydrogen-bond acceptors (Lipinski definition) is 7. The summed E-state index contributed by atoms with van der Waals surface area (Å²) in [6.07, 6.45) is 25.0. The Kier molecular flexibility index (Phi) is 20.5. The van der Waals surface area contributed by atoms with Gasteiger partial charge in [-0.3, -0.25) is 4.79 Å². The highest BCUT2D eigenvalue weighted by Gasteiger charge is 2.26.